The zero-order chi connectivity index (χ0) is 34.7. The molecule has 0 rings (SSSR count). The summed E-state index contributed by atoms with van der Waals surface area (Å²) in [6, 6.07) is 0. The van der Waals surface area contributed by atoms with Crippen LogP contribution in [0.1, 0.15) is 181 Å². The van der Waals surface area contributed by atoms with Crippen molar-refractivity contribution >= 4 is 19.8 Å². The predicted octanol–water partition coefficient (Wildman–Crippen LogP) is 10.3. The van der Waals surface area contributed by atoms with Gasteiger partial charge in [-0.25, -0.2) is 4.57 Å². The first-order valence-corrected chi connectivity index (χ1v) is 20.6. The Hall–Kier alpha value is -1.25. The molecule has 0 heterocycles. The Labute approximate surface area is 287 Å². The number of esters is 2. The molecular formula is C37H71O9P. The zero-order valence-electron chi connectivity index (χ0n) is 30.1. The summed E-state index contributed by atoms with van der Waals surface area (Å²) in [5.41, 5.74) is 0. The minimum Gasteiger partial charge on any atom is -0.462 e. The summed E-state index contributed by atoms with van der Waals surface area (Å²) in [6.07, 6.45) is 30.3. The van der Waals surface area contributed by atoms with Crippen LogP contribution < -0.4 is 0 Å². The van der Waals surface area contributed by atoms with E-state index in [-0.39, 0.29) is 32.7 Å². The number of carbonyl (C=O) groups is 2. The van der Waals surface area contributed by atoms with Crippen molar-refractivity contribution in [1.82, 2.24) is 0 Å². The van der Waals surface area contributed by atoms with Crippen molar-refractivity contribution in [3.8, 4) is 0 Å². The van der Waals surface area contributed by atoms with Crippen molar-refractivity contribution in [2.75, 3.05) is 26.4 Å². The number of carbonyl (C=O) groups excluding carboxylic acids is 2. The number of ether oxygens (including phenoxy) is 2. The molecule has 0 aliphatic carbocycles. The molecule has 0 bridgehead atoms. The van der Waals surface area contributed by atoms with E-state index in [2.05, 4.69) is 26.0 Å². The normalized spacial score (nSPS) is 13.5. The van der Waals surface area contributed by atoms with E-state index in [0.29, 0.717) is 19.3 Å². The van der Waals surface area contributed by atoms with Crippen LogP contribution >= 0.6 is 7.82 Å². The molecule has 0 aliphatic heterocycles. The summed E-state index contributed by atoms with van der Waals surface area (Å²) in [4.78, 5) is 34.8. The van der Waals surface area contributed by atoms with Crippen LogP contribution in [-0.4, -0.2) is 54.5 Å². The number of rotatable bonds is 36. The molecule has 0 saturated heterocycles. The summed E-state index contributed by atoms with van der Waals surface area (Å²) < 4.78 is 33.0. The quantitative estimate of drug-likeness (QED) is 0.0285. The van der Waals surface area contributed by atoms with Crippen LogP contribution in [0.2, 0.25) is 0 Å². The van der Waals surface area contributed by atoms with Gasteiger partial charge in [-0.3, -0.25) is 18.6 Å². The van der Waals surface area contributed by atoms with Gasteiger partial charge in [-0.2, -0.15) is 0 Å². The predicted molar refractivity (Wildman–Crippen MR) is 190 cm³/mol. The lowest BCUT2D eigenvalue weighted by Crippen LogP contribution is -2.29. The SMILES string of the molecule is CCCCCCCCC=CCCCCCCCC(=O)OC(COC(=O)CCCCCCCCCCC)COP(=O)(O)OCCCCO. The van der Waals surface area contributed by atoms with Gasteiger partial charge in [0, 0.05) is 19.4 Å². The monoisotopic (exact) mass is 690 g/mol. The maximum Gasteiger partial charge on any atom is 0.472 e. The highest BCUT2D eigenvalue weighted by molar-refractivity contribution is 7.47. The minimum absolute atomic E-state index is 0.0426. The first-order valence-electron chi connectivity index (χ1n) is 19.1. The fourth-order valence-electron chi connectivity index (χ4n) is 5.15. The molecule has 0 spiro atoms. The van der Waals surface area contributed by atoms with Gasteiger partial charge in [-0.1, -0.05) is 129 Å². The van der Waals surface area contributed by atoms with E-state index < -0.39 is 32.5 Å². The molecule has 0 aromatic rings. The Morgan fingerprint density at radius 1 is 0.596 bits per heavy atom. The molecule has 2 unspecified atom stereocenters. The average Bonchev–Trinajstić information content (AvgIpc) is 3.05. The summed E-state index contributed by atoms with van der Waals surface area (Å²) in [5, 5.41) is 8.86. The maximum atomic E-state index is 12.5. The standard InChI is InChI=1S/C37H71O9P/c1-3-5-7-9-11-13-14-15-16-17-18-20-22-24-26-30-37(40)46-35(34-45-47(41,42)44-32-28-27-31-38)33-43-36(39)29-25-23-21-19-12-10-8-6-4-2/h15-16,35,38H,3-14,17-34H2,1-2H3,(H,41,42). The summed E-state index contributed by atoms with van der Waals surface area (Å²) in [7, 11) is -4.39. The second-order valence-corrected chi connectivity index (χ2v) is 14.2. The number of phosphoric ester groups is 1. The second-order valence-electron chi connectivity index (χ2n) is 12.7. The number of aliphatic hydroxyl groups excluding tert-OH is 1. The molecule has 0 aromatic carbocycles. The second kappa shape index (κ2) is 34.6. The molecule has 0 saturated carbocycles. The lowest BCUT2D eigenvalue weighted by Gasteiger charge is -2.20. The molecule has 2 N–H and O–H groups in total. The van der Waals surface area contributed by atoms with Crippen molar-refractivity contribution in [2.24, 2.45) is 0 Å². The van der Waals surface area contributed by atoms with E-state index in [1.807, 2.05) is 0 Å². The Kier molecular flexibility index (Phi) is 33.7. The van der Waals surface area contributed by atoms with Crippen LogP contribution in [0, 0.1) is 0 Å². The van der Waals surface area contributed by atoms with Crippen LogP contribution in [0.5, 0.6) is 0 Å². The molecule has 0 aromatic heterocycles. The number of allylic oxidation sites excluding steroid dienone is 2. The third-order valence-corrected chi connectivity index (χ3v) is 9.07. The van der Waals surface area contributed by atoms with E-state index >= 15 is 0 Å². The van der Waals surface area contributed by atoms with Gasteiger partial charge >= 0.3 is 19.8 Å². The number of unbranched alkanes of at least 4 members (excludes halogenated alkanes) is 20. The van der Waals surface area contributed by atoms with Gasteiger partial charge in [0.2, 0.25) is 0 Å². The molecule has 47 heavy (non-hydrogen) atoms. The number of phosphoric acid groups is 1. The van der Waals surface area contributed by atoms with Crippen molar-refractivity contribution in [2.45, 2.75) is 187 Å². The van der Waals surface area contributed by atoms with Gasteiger partial charge in [0.15, 0.2) is 6.10 Å². The third-order valence-electron chi connectivity index (χ3n) is 8.09. The molecule has 9 nitrogen and oxygen atoms in total. The van der Waals surface area contributed by atoms with E-state index in [4.69, 9.17) is 23.6 Å². The van der Waals surface area contributed by atoms with Gasteiger partial charge in [0.25, 0.3) is 0 Å². The average molecular weight is 691 g/mol. The molecule has 2 atom stereocenters. The van der Waals surface area contributed by atoms with Crippen LogP contribution in [-0.2, 0) is 32.7 Å². The van der Waals surface area contributed by atoms with E-state index in [1.165, 1.54) is 83.5 Å². The zero-order valence-corrected chi connectivity index (χ0v) is 31.0. The van der Waals surface area contributed by atoms with E-state index in [9.17, 15) is 19.0 Å². The van der Waals surface area contributed by atoms with Gasteiger partial charge in [-0.15, -0.1) is 0 Å². The van der Waals surface area contributed by atoms with E-state index in [1.54, 1.807) is 0 Å². The van der Waals surface area contributed by atoms with Gasteiger partial charge < -0.3 is 19.5 Å². The highest BCUT2D eigenvalue weighted by Crippen LogP contribution is 2.43. The lowest BCUT2D eigenvalue weighted by molar-refractivity contribution is -0.161. The van der Waals surface area contributed by atoms with Gasteiger partial charge in [0.1, 0.15) is 6.61 Å². The van der Waals surface area contributed by atoms with E-state index in [0.717, 1.165) is 51.4 Å². The molecule has 0 radical (unpaired) electrons. The fraction of sp³-hybridized carbons (Fsp3) is 0.892. The van der Waals surface area contributed by atoms with Crippen molar-refractivity contribution in [3.63, 3.8) is 0 Å². The third kappa shape index (κ3) is 34.4. The van der Waals surface area contributed by atoms with Crippen LogP contribution in [0.15, 0.2) is 12.2 Å². The summed E-state index contributed by atoms with van der Waals surface area (Å²) in [6.45, 7) is 3.67. The Morgan fingerprint density at radius 3 is 1.57 bits per heavy atom. The first kappa shape index (κ1) is 45.8. The molecular weight excluding hydrogens is 619 g/mol. The number of hydrogen-bond donors (Lipinski definition) is 2. The molecule has 0 aliphatic rings. The summed E-state index contributed by atoms with van der Waals surface area (Å²) >= 11 is 0. The largest absolute Gasteiger partial charge is 0.472 e. The smallest absolute Gasteiger partial charge is 0.462 e. The molecule has 0 amide bonds. The van der Waals surface area contributed by atoms with Crippen LogP contribution in [0.3, 0.4) is 0 Å². The molecule has 10 heteroatoms. The van der Waals surface area contributed by atoms with Crippen LogP contribution in [0.4, 0.5) is 0 Å². The molecule has 278 valence electrons. The van der Waals surface area contributed by atoms with Gasteiger partial charge in [0.05, 0.1) is 13.2 Å². The van der Waals surface area contributed by atoms with Crippen LogP contribution in [0.25, 0.3) is 0 Å². The number of aliphatic hydroxyl groups is 1. The Bertz CT molecular complexity index is 790. The first-order chi connectivity index (χ1) is 22.8. The Balaban J connectivity index is 4.34. The Morgan fingerprint density at radius 2 is 1.06 bits per heavy atom. The van der Waals surface area contributed by atoms with Crippen molar-refractivity contribution in [3.05, 3.63) is 12.2 Å². The topological polar surface area (TPSA) is 129 Å². The highest BCUT2D eigenvalue weighted by Gasteiger charge is 2.26. The van der Waals surface area contributed by atoms with Crippen molar-refractivity contribution in [1.29, 1.82) is 0 Å². The molecule has 0 fully saturated rings. The van der Waals surface area contributed by atoms with Crippen molar-refractivity contribution < 1.29 is 42.7 Å². The van der Waals surface area contributed by atoms with Gasteiger partial charge in [-0.05, 0) is 51.4 Å². The maximum absolute atomic E-state index is 12.5. The lowest BCUT2D eigenvalue weighted by atomic mass is 10.1. The minimum atomic E-state index is -4.39. The summed E-state index contributed by atoms with van der Waals surface area (Å²) in [5.74, 6) is -0.846. The number of hydrogen-bond acceptors (Lipinski definition) is 8. The highest BCUT2D eigenvalue weighted by atomic mass is 31.2. The fourth-order valence-corrected chi connectivity index (χ4v) is 5.94.